The largest absolute Gasteiger partial charge is 0.397 e. The highest BCUT2D eigenvalue weighted by Gasteiger charge is 2.31. The van der Waals surface area contributed by atoms with Gasteiger partial charge < -0.3 is 16.0 Å². The van der Waals surface area contributed by atoms with Crippen molar-refractivity contribution in [2.45, 2.75) is 27.2 Å². The van der Waals surface area contributed by atoms with Gasteiger partial charge in [-0.2, -0.15) is 0 Å². The van der Waals surface area contributed by atoms with Crippen molar-refractivity contribution in [3.63, 3.8) is 0 Å². The standard InChI is InChI=1S/C15H23N3O2S/c1-8(2)10-5-6-18(7-10)15-11(14(20)17-4)12(16)13(21-15)9(3)19/h8,10H,5-7,16H2,1-4H3,(H,17,20). The van der Waals surface area contributed by atoms with Gasteiger partial charge in [0.15, 0.2) is 5.78 Å². The summed E-state index contributed by atoms with van der Waals surface area (Å²) in [5, 5.41) is 3.46. The van der Waals surface area contributed by atoms with Gasteiger partial charge >= 0.3 is 0 Å². The van der Waals surface area contributed by atoms with Crippen LogP contribution in [0.25, 0.3) is 0 Å². The summed E-state index contributed by atoms with van der Waals surface area (Å²) >= 11 is 1.34. The van der Waals surface area contributed by atoms with E-state index in [1.807, 2.05) is 0 Å². The van der Waals surface area contributed by atoms with Gasteiger partial charge in [0.05, 0.1) is 16.1 Å². The van der Waals surface area contributed by atoms with Crippen LogP contribution in [0.5, 0.6) is 0 Å². The number of thiophene rings is 1. The Morgan fingerprint density at radius 3 is 2.57 bits per heavy atom. The molecule has 1 aromatic heterocycles. The number of carbonyl (C=O) groups is 2. The summed E-state index contributed by atoms with van der Waals surface area (Å²) in [4.78, 5) is 26.5. The third-order valence-corrected chi connectivity index (χ3v) is 5.52. The Hall–Kier alpha value is -1.56. The third-order valence-electron chi connectivity index (χ3n) is 4.16. The molecule has 0 radical (unpaired) electrons. The normalized spacial score (nSPS) is 18.3. The second-order valence-electron chi connectivity index (χ2n) is 5.90. The van der Waals surface area contributed by atoms with Crippen molar-refractivity contribution in [1.82, 2.24) is 5.32 Å². The van der Waals surface area contributed by atoms with Crippen LogP contribution in [-0.4, -0.2) is 31.8 Å². The summed E-state index contributed by atoms with van der Waals surface area (Å²) in [5.41, 5.74) is 6.82. The second kappa shape index (κ2) is 6.05. The van der Waals surface area contributed by atoms with E-state index in [0.717, 1.165) is 24.5 Å². The Morgan fingerprint density at radius 2 is 2.10 bits per heavy atom. The lowest BCUT2D eigenvalue weighted by molar-refractivity contribution is 0.0964. The molecule has 1 unspecified atom stereocenters. The van der Waals surface area contributed by atoms with E-state index >= 15 is 0 Å². The molecule has 1 aliphatic heterocycles. The highest BCUT2D eigenvalue weighted by Crippen LogP contribution is 2.41. The number of nitrogens with one attached hydrogen (secondary N) is 1. The van der Waals surface area contributed by atoms with Crippen molar-refractivity contribution in [2.24, 2.45) is 11.8 Å². The monoisotopic (exact) mass is 309 g/mol. The van der Waals surface area contributed by atoms with Crippen LogP contribution in [-0.2, 0) is 0 Å². The maximum Gasteiger partial charge on any atom is 0.256 e. The SMILES string of the molecule is CNC(=O)c1c(N2CCC(C(C)C)C2)sc(C(C)=O)c1N. The fourth-order valence-corrected chi connectivity index (χ4v) is 3.92. The maximum absolute atomic E-state index is 12.1. The first kappa shape index (κ1) is 15.8. The van der Waals surface area contributed by atoms with Gasteiger partial charge in [0.2, 0.25) is 0 Å². The smallest absolute Gasteiger partial charge is 0.256 e. The highest BCUT2D eigenvalue weighted by molar-refractivity contribution is 7.19. The van der Waals surface area contributed by atoms with Gasteiger partial charge in [0.25, 0.3) is 5.91 Å². The van der Waals surface area contributed by atoms with E-state index in [0.29, 0.717) is 28.0 Å². The Balaban J connectivity index is 2.41. The zero-order chi connectivity index (χ0) is 15.7. The van der Waals surface area contributed by atoms with E-state index in [9.17, 15) is 9.59 Å². The summed E-state index contributed by atoms with van der Waals surface area (Å²) in [6, 6.07) is 0. The number of hydrogen-bond donors (Lipinski definition) is 2. The fraction of sp³-hybridized carbons (Fsp3) is 0.600. The third kappa shape index (κ3) is 2.90. The zero-order valence-electron chi connectivity index (χ0n) is 13.0. The molecule has 1 aliphatic rings. The molecule has 0 bridgehead atoms. The van der Waals surface area contributed by atoms with Gasteiger partial charge in [0.1, 0.15) is 5.00 Å². The van der Waals surface area contributed by atoms with Crippen LogP contribution < -0.4 is 16.0 Å². The van der Waals surface area contributed by atoms with E-state index in [2.05, 4.69) is 24.1 Å². The van der Waals surface area contributed by atoms with Crippen molar-refractivity contribution in [2.75, 3.05) is 30.8 Å². The van der Waals surface area contributed by atoms with Crippen LogP contribution >= 0.6 is 11.3 Å². The van der Waals surface area contributed by atoms with Crippen LogP contribution in [0.2, 0.25) is 0 Å². The summed E-state index contributed by atoms with van der Waals surface area (Å²) in [6.07, 6.45) is 1.11. The lowest BCUT2D eigenvalue weighted by Crippen LogP contribution is -2.25. The minimum Gasteiger partial charge on any atom is -0.397 e. The molecular formula is C15H23N3O2S. The molecule has 116 valence electrons. The van der Waals surface area contributed by atoms with Crippen molar-refractivity contribution in [1.29, 1.82) is 0 Å². The van der Waals surface area contributed by atoms with E-state index in [-0.39, 0.29) is 11.7 Å². The predicted octanol–water partition coefficient (Wildman–Crippen LogP) is 2.37. The lowest BCUT2D eigenvalue weighted by Gasteiger charge is -2.19. The average molecular weight is 309 g/mol. The Labute approximate surface area is 129 Å². The second-order valence-corrected chi connectivity index (χ2v) is 6.90. The highest BCUT2D eigenvalue weighted by atomic mass is 32.1. The number of nitrogen functional groups attached to an aromatic ring is 1. The predicted molar refractivity (Wildman–Crippen MR) is 87.3 cm³/mol. The molecule has 1 fully saturated rings. The average Bonchev–Trinajstić information content (AvgIpc) is 3.02. The van der Waals surface area contributed by atoms with Gasteiger partial charge in [-0.1, -0.05) is 13.8 Å². The molecule has 0 aromatic carbocycles. The first-order valence-corrected chi connectivity index (χ1v) is 8.08. The van der Waals surface area contributed by atoms with Gasteiger partial charge in [-0.3, -0.25) is 9.59 Å². The van der Waals surface area contributed by atoms with Crippen molar-refractivity contribution in [3.8, 4) is 0 Å². The quantitative estimate of drug-likeness (QED) is 0.837. The van der Waals surface area contributed by atoms with Crippen molar-refractivity contribution < 1.29 is 9.59 Å². The molecule has 0 spiro atoms. The molecule has 1 aromatic rings. The van der Waals surface area contributed by atoms with E-state index in [4.69, 9.17) is 5.73 Å². The molecule has 1 saturated heterocycles. The van der Waals surface area contributed by atoms with Crippen LogP contribution in [0.15, 0.2) is 0 Å². The van der Waals surface area contributed by atoms with Gasteiger partial charge in [-0.25, -0.2) is 0 Å². The molecule has 3 N–H and O–H groups in total. The van der Waals surface area contributed by atoms with Crippen molar-refractivity contribution >= 4 is 33.7 Å². The first-order valence-electron chi connectivity index (χ1n) is 7.27. The summed E-state index contributed by atoms with van der Waals surface area (Å²) in [7, 11) is 1.58. The van der Waals surface area contributed by atoms with Gasteiger partial charge in [-0.15, -0.1) is 11.3 Å². The number of nitrogens with zero attached hydrogens (tertiary/aromatic N) is 1. The van der Waals surface area contributed by atoms with E-state index < -0.39 is 0 Å². The van der Waals surface area contributed by atoms with Crippen LogP contribution in [0.3, 0.4) is 0 Å². The number of Topliss-reactive ketones (excluding diaryl/α,β-unsaturated/α-hetero) is 1. The zero-order valence-corrected chi connectivity index (χ0v) is 13.8. The number of carbonyl (C=O) groups excluding carboxylic acids is 2. The Bertz CT molecular complexity index is 566. The number of ketones is 1. The molecule has 5 nitrogen and oxygen atoms in total. The molecule has 0 saturated carbocycles. The Kier molecular flexibility index (Phi) is 4.56. The molecule has 0 aliphatic carbocycles. The van der Waals surface area contributed by atoms with Gasteiger partial charge in [0, 0.05) is 27.1 Å². The lowest BCUT2D eigenvalue weighted by atomic mass is 9.95. The molecule has 6 heteroatoms. The molecule has 2 rings (SSSR count). The van der Waals surface area contributed by atoms with E-state index in [1.54, 1.807) is 7.05 Å². The summed E-state index contributed by atoms with van der Waals surface area (Å²) in [5.74, 6) is 0.919. The molecule has 1 atom stereocenters. The number of hydrogen-bond acceptors (Lipinski definition) is 5. The summed E-state index contributed by atoms with van der Waals surface area (Å²) < 4.78 is 0. The molecule has 1 amide bonds. The minimum atomic E-state index is -0.223. The van der Waals surface area contributed by atoms with Crippen LogP contribution in [0.4, 0.5) is 10.7 Å². The Morgan fingerprint density at radius 1 is 1.43 bits per heavy atom. The number of anilines is 2. The maximum atomic E-state index is 12.1. The minimum absolute atomic E-state index is 0.0893. The van der Waals surface area contributed by atoms with Crippen LogP contribution in [0, 0.1) is 11.8 Å². The molecule has 2 heterocycles. The van der Waals surface area contributed by atoms with Crippen LogP contribution in [0.1, 0.15) is 47.2 Å². The topological polar surface area (TPSA) is 75.4 Å². The van der Waals surface area contributed by atoms with Gasteiger partial charge in [-0.05, 0) is 18.3 Å². The fourth-order valence-electron chi connectivity index (χ4n) is 2.78. The number of rotatable bonds is 4. The summed E-state index contributed by atoms with van der Waals surface area (Å²) in [6.45, 7) is 7.75. The molecular weight excluding hydrogens is 286 g/mol. The molecule has 21 heavy (non-hydrogen) atoms. The number of nitrogens with two attached hydrogens (primary N) is 1. The number of amides is 1. The van der Waals surface area contributed by atoms with Crippen molar-refractivity contribution in [3.05, 3.63) is 10.4 Å². The van der Waals surface area contributed by atoms with E-state index in [1.165, 1.54) is 18.3 Å². The first-order chi connectivity index (χ1) is 9.86.